The van der Waals surface area contributed by atoms with Crippen molar-refractivity contribution in [3.63, 3.8) is 0 Å². The summed E-state index contributed by atoms with van der Waals surface area (Å²) in [7, 11) is 0. The van der Waals surface area contributed by atoms with Crippen LogP contribution in [0.4, 0.5) is 4.79 Å². The topological polar surface area (TPSA) is 131 Å². The molecular formula is C7H13NO7. The fourth-order valence-electron chi connectivity index (χ4n) is 1.19. The Morgan fingerprint density at radius 1 is 1.27 bits per heavy atom. The molecule has 88 valence electrons. The van der Waals surface area contributed by atoms with Crippen LogP contribution in [0.5, 0.6) is 0 Å². The molecule has 5 atom stereocenters. The second kappa shape index (κ2) is 4.73. The number of hydrogen-bond donors (Lipinski definition) is 4. The van der Waals surface area contributed by atoms with E-state index in [0.717, 1.165) is 0 Å². The summed E-state index contributed by atoms with van der Waals surface area (Å²) >= 11 is 0. The maximum atomic E-state index is 10.2. The highest BCUT2D eigenvalue weighted by molar-refractivity contribution is 5.63. The smallest absolute Gasteiger partial charge is 0.388 e. The molecule has 0 aliphatic carbocycles. The standard InChI is InChI=1S/C7H13NO7/c1-2-3(9)4(10)5(11)6(13-2)14-15-7(8)12/h2-6,9-11H,1H3,(H2,8,12)/t2-,3-,4+,5-,6+/m1/s1. The highest BCUT2D eigenvalue weighted by atomic mass is 17.2. The zero-order valence-corrected chi connectivity index (χ0v) is 7.94. The Balaban J connectivity index is 2.54. The molecule has 0 aromatic heterocycles. The van der Waals surface area contributed by atoms with E-state index in [1.54, 1.807) is 0 Å². The predicted octanol–water partition coefficient (Wildman–Crippen LogP) is -2.16. The Labute approximate surface area is 85.1 Å². The Morgan fingerprint density at radius 2 is 1.87 bits per heavy atom. The lowest BCUT2D eigenvalue weighted by Gasteiger charge is -2.37. The zero-order chi connectivity index (χ0) is 11.6. The van der Waals surface area contributed by atoms with Gasteiger partial charge in [-0.05, 0) is 6.92 Å². The van der Waals surface area contributed by atoms with Crippen LogP contribution in [-0.4, -0.2) is 52.1 Å². The number of hydrogen-bond acceptors (Lipinski definition) is 7. The SMILES string of the molecule is C[C@H]1O[C@@H](OOC(N)=O)[C@H](O)[C@@H](O)[C@@H]1O. The molecule has 0 unspecified atom stereocenters. The van der Waals surface area contributed by atoms with Gasteiger partial charge in [-0.1, -0.05) is 0 Å². The van der Waals surface area contributed by atoms with Gasteiger partial charge < -0.3 is 25.8 Å². The molecule has 5 N–H and O–H groups in total. The van der Waals surface area contributed by atoms with Gasteiger partial charge >= 0.3 is 6.09 Å². The highest BCUT2D eigenvalue weighted by Crippen LogP contribution is 2.21. The first-order valence-corrected chi connectivity index (χ1v) is 4.26. The van der Waals surface area contributed by atoms with Gasteiger partial charge in [-0.15, -0.1) is 4.89 Å². The third-order valence-corrected chi connectivity index (χ3v) is 2.03. The summed E-state index contributed by atoms with van der Waals surface area (Å²) in [6.07, 6.45) is -7.59. The quantitative estimate of drug-likeness (QED) is 0.309. The normalized spacial score (nSPS) is 41.2. The summed E-state index contributed by atoms with van der Waals surface area (Å²) in [5.74, 6) is 0. The number of aliphatic hydroxyl groups is 3. The summed E-state index contributed by atoms with van der Waals surface area (Å²) in [6, 6.07) is 0. The lowest BCUT2D eigenvalue weighted by Crippen LogP contribution is -2.57. The van der Waals surface area contributed by atoms with Crippen LogP contribution in [0, 0.1) is 0 Å². The molecule has 1 saturated heterocycles. The summed E-state index contributed by atoms with van der Waals surface area (Å²) in [5, 5.41) is 28.0. The number of nitrogens with two attached hydrogens (primary N) is 1. The molecule has 1 aliphatic heterocycles. The van der Waals surface area contributed by atoms with Gasteiger partial charge in [0.15, 0.2) is 0 Å². The van der Waals surface area contributed by atoms with Gasteiger partial charge in [0.2, 0.25) is 6.29 Å². The summed E-state index contributed by atoms with van der Waals surface area (Å²) in [5.41, 5.74) is 4.62. The van der Waals surface area contributed by atoms with Crippen molar-refractivity contribution in [1.82, 2.24) is 0 Å². The molecule has 8 nitrogen and oxygen atoms in total. The third-order valence-electron chi connectivity index (χ3n) is 2.03. The molecule has 1 rings (SSSR count). The molecule has 1 fully saturated rings. The van der Waals surface area contributed by atoms with Crippen molar-refractivity contribution in [3.8, 4) is 0 Å². The van der Waals surface area contributed by atoms with E-state index in [9.17, 15) is 20.1 Å². The predicted molar refractivity (Wildman–Crippen MR) is 44.1 cm³/mol. The Kier molecular flexibility index (Phi) is 3.83. The van der Waals surface area contributed by atoms with E-state index >= 15 is 0 Å². The Morgan fingerprint density at radius 3 is 2.40 bits per heavy atom. The van der Waals surface area contributed by atoms with Crippen molar-refractivity contribution in [1.29, 1.82) is 0 Å². The van der Waals surface area contributed by atoms with E-state index in [1.807, 2.05) is 0 Å². The molecule has 0 bridgehead atoms. The van der Waals surface area contributed by atoms with Crippen molar-refractivity contribution in [2.24, 2.45) is 5.73 Å². The number of amides is 1. The highest BCUT2D eigenvalue weighted by Gasteiger charge is 2.43. The van der Waals surface area contributed by atoms with E-state index in [-0.39, 0.29) is 0 Å². The number of ether oxygens (including phenoxy) is 1. The average molecular weight is 223 g/mol. The Hall–Kier alpha value is -0.930. The fraction of sp³-hybridized carbons (Fsp3) is 0.857. The van der Waals surface area contributed by atoms with Gasteiger partial charge in [-0.3, -0.25) is 4.89 Å². The largest absolute Gasteiger partial charge is 0.436 e. The minimum Gasteiger partial charge on any atom is -0.388 e. The van der Waals surface area contributed by atoms with Gasteiger partial charge in [-0.25, -0.2) is 4.79 Å². The second-order valence-corrected chi connectivity index (χ2v) is 3.18. The summed E-state index contributed by atoms with van der Waals surface area (Å²) < 4.78 is 4.92. The first-order valence-electron chi connectivity index (χ1n) is 4.26. The number of aliphatic hydroxyl groups excluding tert-OH is 3. The average Bonchev–Trinajstić information content (AvgIpc) is 2.18. The first-order chi connectivity index (χ1) is 6.93. The van der Waals surface area contributed by atoms with Crippen molar-refractivity contribution in [3.05, 3.63) is 0 Å². The number of rotatable bonds is 2. The molecule has 0 spiro atoms. The van der Waals surface area contributed by atoms with E-state index < -0.39 is 36.8 Å². The molecule has 0 saturated carbocycles. The molecular weight excluding hydrogens is 210 g/mol. The molecule has 0 aromatic carbocycles. The molecule has 0 radical (unpaired) electrons. The van der Waals surface area contributed by atoms with E-state index in [1.165, 1.54) is 6.92 Å². The summed E-state index contributed by atoms with van der Waals surface area (Å²) in [4.78, 5) is 18.5. The monoisotopic (exact) mass is 223 g/mol. The molecule has 0 aromatic rings. The minimum absolute atomic E-state index is 0.773. The van der Waals surface area contributed by atoms with Crippen LogP contribution >= 0.6 is 0 Å². The van der Waals surface area contributed by atoms with E-state index in [0.29, 0.717) is 0 Å². The minimum atomic E-state index is -1.53. The lowest BCUT2D eigenvalue weighted by molar-refractivity contribution is -0.395. The maximum absolute atomic E-state index is 10.2. The summed E-state index contributed by atoms with van der Waals surface area (Å²) in [6.45, 7) is 1.46. The van der Waals surface area contributed by atoms with Gasteiger partial charge in [-0.2, -0.15) is 0 Å². The number of carbonyl (C=O) groups excluding carboxylic acids is 1. The fourth-order valence-corrected chi connectivity index (χ4v) is 1.19. The van der Waals surface area contributed by atoms with Gasteiger partial charge in [0.1, 0.15) is 18.3 Å². The van der Waals surface area contributed by atoms with Gasteiger partial charge in [0.05, 0.1) is 6.10 Å². The first kappa shape index (κ1) is 12.1. The molecule has 1 aliphatic rings. The van der Waals surface area contributed by atoms with Gasteiger partial charge in [0.25, 0.3) is 0 Å². The van der Waals surface area contributed by atoms with E-state index in [2.05, 4.69) is 15.5 Å². The maximum Gasteiger partial charge on any atom is 0.436 e. The van der Waals surface area contributed by atoms with Crippen LogP contribution in [0.2, 0.25) is 0 Å². The van der Waals surface area contributed by atoms with Crippen LogP contribution in [0.3, 0.4) is 0 Å². The van der Waals surface area contributed by atoms with E-state index in [4.69, 9.17) is 4.74 Å². The van der Waals surface area contributed by atoms with Crippen molar-refractivity contribution < 1.29 is 34.6 Å². The van der Waals surface area contributed by atoms with Crippen LogP contribution < -0.4 is 5.73 Å². The lowest BCUT2D eigenvalue weighted by atomic mass is 10.0. The molecule has 8 heteroatoms. The van der Waals surface area contributed by atoms with Crippen molar-refractivity contribution in [2.75, 3.05) is 0 Å². The van der Waals surface area contributed by atoms with Crippen LogP contribution in [0.1, 0.15) is 6.92 Å². The second-order valence-electron chi connectivity index (χ2n) is 3.18. The molecule has 15 heavy (non-hydrogen) atoms. The zero-order valence-electron chi connectivity index (χ0n) is 7.94. The third kappa shape index (κ3) is 2.76. The van der Waals surface area contributed by atoms with Crippen LogP contribution in [-0.2, 0) is 14.5 Å². The van der Waals surface area contributed by atoms with Crippen LogP contribution in [0.15, 0.2) is 0 Å². The van der Waals surface area contributed by atoms with Crippen LogP contribution in [0.25, 0.3) is 0 Å². The van der Waals surface area contributed by atoms with Crippen molar-refractivity contribution in [2.45, 2.75) is 37.6 Å². The van der Waals surface area contributed by atoms with Gasteiger partial charge in [0, 0.05) is 0 Å². The number of primary amides is 1. The number of carbonyl (C=O) groups is 1. The van der Waals surface area contributed by atoms with Crippen molar-refractivity contribution >= 4 is 6.09 Å². The molecule has 1 heterocycles. The Bertz CT molecular complexity index is 235. The molecule has 1 amide bonds.